The number of ketones is 1. The minimum absolute atomic E-state index is 0.0592. The molecule has 0 aliphatic heterocycles. The van der Waals surface area contributed by atoms with Crippen molar-refractivity contribution in [3.8, 4) is 0 Å². The lowest BCUT2D eigenvalue weighted by molar-refractivity contribution is 0.0760. The Hall–Kier alpha value is -1.05. The highest BCUT2D eigenvalue weighted by Gasteiger charge is 2.41. The Morgan fingerprint density at radius 2 is 2.12 bits per heavy atom. The summed E-state index contributed by atoms with van der Waals surface area (Å²) in [6, 6.07) is 1.91. The average molecular weight is 219 g/mol. The number of rotatable bonds is 4. The van der Waals surface area contributed by atoms with Crippen molar-refractivity contribution >= 4 is 5.78 Å². The Bertz CT molecular complexity index is 345. The van der Waals surface area contributed by atoms with E-state index in [4.69, 9.17) is 0 Å². The van der Waals surface area contributed by atoms with Crippen molar-refractivity contribution in [2.75, 3.05) is 0 Å². The van der Waals surface area contributed by atoms with Gasteiger partial charge in [0, 0.05) is 23.4 Å². The van der Waals surface area contributed by atoms with Crippen LogP contribution in [0.4, 0.5) is 0 Å². The number of aromatic amines is 1. The first-order valence-corrected chi connectivity index (χ1v) is 6.32. The maximum Gasteiger partial charge on any atom is 0.170 e. The van der Waals surface area contributed by atoms with E-state index in [0.29, 0.717) is 11.7 Å². The minimum atomic E-state index is -0.0592. The standard InChI is InChI=1S/C14H21NO/c1-11(2)9-14(6-3-4-7-14)13(16)12-5-8-15-10-12/h5,8,10-11,15H,3-4,6-7,9H2,1-2H3. The van der Waals surface area contributed by atoms with Gasteiger partial charge in [-0.05, 0) is 31.2 Å². The Balaban J connectivity index is 2.22. The predicted molar refractivity (Wildman–Crippen MR) is 65.5 cm³/mol. The summed E-state index contributed by atoms with van der Waals surface area (Å²) in [6.45, 7) is 4.43. The van der Waals surface area contributed by atoms with Crippen molar-refractivity contribution < 1.29 is 4.79 Å². The average Bonchev–Trinajstić information content (AvgIpc) is 2.85. The minimum Gasteiger partial charge on any atom is -0.367 e. The van der Waals surface area contributed by atoms with E-state index in [1.807, 2.05) is 18.5 Å². The fraction of sp³-hybridized carbons (Fsp3) is 0.643. The molecule has 0 bridgehead atoms. The predicted octanol–water partition coefficient (Wildman–Crippen LogP) is 3.80. The summed E-state index contributed by atoms with van der Waals surface area (Å²) in [4.78, 5) is 15.5. The molecule has 0 aromatic carbocycles. The van der Waals surface area contributed by atoms with Crippen LogP contribution < -0.4 is 0 Å². The van der Waals surface area contributed by atoms with E-state index < -0.39 is 0 Å². The third-order valence-corrected chi connectivity index (χ3v) is 3.70. The molecule has 0 saturated heterocycles. The second kappa shape index (κ2) is 4.44. The molecule has 1 aliphatic carbocycles. The maximum absolute atomic E-state index is 12.5. The largest absolute Gasteiger partial charge is 0.367 e. The monoisotopic (exact) mass is 219 g/mol. The molecule has 16 heavy (non-hydrogen) atoms. The molecule has 0 spiro atoms. The van der Waals surface area contributed by atoms with Gasteiger partial charge in [0.05, 0.1) is 0 Å². The zero-order valence-electron chi connectivity index (χ0n) is 10.3. The van der Waals surface area contributed by atoms with Crippen molar-refractivity contribution in [1.82, 2.24) is 4.98 Å². The number of carbonyl (C=O) groups is 1. The van der Waals surface area contributed by atoms with Crippen LogP contribution in [0.2, 0.25) is 0 Å². The van der Waals surface area contributed by atoms with Gasteiger partial charge in [0.2, 0.25) is 0 Å². The maximum atomic E-state index is 12.5. The highest BCUT2D eigenvalue weighted by molar-refractivity contribution is 6.00. The molecule has 1 aromatic heterocycles. The third-order valence-electron chi connectivity index (χ3n) is 3.70. The number of nitrogens with one attached hydrogen (secondary N) is 1. The molecule has 2 heteroatoms. The summed E-state index contributed by atoms with van der Waals surface area (Å²) in [5.74, 6) is 0.959. The quantitative estimate of drug-likeness (QED) is 0.767. The molecule has 1 saturated carbocycles. The first kappa shape index (κ1) is 11.4. The van der Waals surface area contributed by atoms with Gasteiger partial charge in [0.25, 0.3) is 0 Å². The van der Waals surface area contributed by atoms with Gasteiger partial charge in [-0.2, -0.15) is 0 Å². The van der Waals surface area contributed by atoms with Gasteiger partial charge in [0.15, 0.2) is 5.78 Å². The van der Waals surface area contributed by atoms with Crippen molar-refractivity contribution in [1.29, 1.82) is 0 Å². The molecule has 88 valence electrons. The molecule has 0 amide bonds. The molecule has 1 aromatic rings. The van der Waals surface area contributed by atoms with Gasteiger partial charge in [0.1, 0.15) is 0 Å². The van der Waals surface area contributed by atoms with Crippen molar-refractivity contribution in [3.05, 3.63) is 24.0 Å². The number of hydrogen-bond donors (Lipinski definition) is 1. The SMILES string of the molecule is CC(C)CC1(C(=O)c2cc[nH]c2)CCCC1. The van der Waals surface area contributed by atoms with Crippen LogP contribution in [0.25, 0.3) is 0 Å². The fourth-order valence-corrected chi connectivity index (χ4v) is 3.13. The first-order valence-electron chi connectivity index (χ1n) is 6.32. The molecule has 0 unspecified atom stereocenters. The number of H-pyrrole nitrogens is 1. The Kier molecular flexibility index (Phi) is 3.17. The second-order valence-corrected chi connectivity index (χ2v) is 5.51. The molecule has 0 atom stereocenters. The van der Waals surface area contributed by atoms with Crippen LogP contribution in [0.3, 0.4) is 0 Å². The van der Waals surface area contributed by atoms with Crippen LogP contribution in [0, 0.1) is 11.3 Å². The van der Waals surface area contributed by atoms with Crippen LogP contribution in [0.5, 0.6) is 0 Å². The normalized spacial score (nSPS) is 19.2. The topological polar surface area (TPSA) is 32.9 Å². The van der Waals surface area contributed by atoms with Crippen LogP contribution in [-0.4, -0.2) is 10.8 Å². The number of Topliss-reactive ketones (excluding diaryl/α,β-unsaturated/α-hetero) is 1. The molecule has 0 radical (unpaired) electrons. The Morgan fingerprint density at radius 3 is 2.62 bits per heavy atom. The van der Waals surface area contributed by atoms with E-state index in [1.54, 1.807) is 0 Å². The molecule has 2 nitrogen and oxygen atoms in total. The van der Waals surface area contributed by atoms with Gasteiger partial charge < -0.3 is 4.98 Å². The Labute approximate surface area is 97.4 Å². The fourth-order valence-electron chi connectivity index (χ4n) is 3.13. The Morgan fingerprint density at radius 1 is 1.44 bits per heavy atom. The van der Waals surface area contributed by atoms with Gasteiger partial charge in [-0.25, -0.2) is 0 Å². The van der Waals surface area contributed by atoms with Crippen LogP contribution in [-0.2, 0) is 0 Å². The lowest BCUT2D eigenvalue weighted by atomic mass is 9.73. The van der Waals surface area contributed by atoms with Gasteiger partial charge >= 0.3 is 0 Å². The molecular weight excluding hydrogens is 198 g/mol. The number of hydrogen-bond acceptors (Lipinski definition) is 1. The lowest BCUT2D eigenvalue weighted by Crippen LogP contribution is -2.29. The highest BCUT2D eigenvalue weighted by atomic mass is 16.1. The highest BCUT2D eigenvalue weighted by Crippen LogP contribution is 2.45. The van der Waals surface area contributed by atoms with E-state index in [-0.39, 0.29) is 5.41 Å². The van der Waals surface area contributed by atoms with Crippen LogP contribution in [0.1, 0.15) is 56.3 Å². The molecule has 2 rings (SSSR count). The summed E-state index contributed by atoms with van der Waals surface area (Å²) in [6.07, 6.45) is 9.29. The van der Waals surface area contributed by atoms with Crippen molar-refractivity contribution in [2.45, 2.75) is 46.0 Å². The van der Waals surface area contributed by atoms with Crippen molar-refractivity contribution in [3.63, 3.8) is 0 Å². The van der Waals surface area contributed by atoms with Gasteiger partial charge in [-0.1, -0.05) is 26.7 Å². The van der Waals surface area contributed by atoms with Gasteiger partial charge in [-0.3, -0.25) is 4.79 Å². The van der Waals surface area contributed by atoms with E-state index in [1.165, 1.54) is 12.8 Å². The summed E-state index contributed by atoms with van der Waals surface area (Å²) in [5.41, 5.74) is 0.804. The van der Waals surface area contributed by atoms with Crippen molar-refractivity contribution in [2.24, 2.45) is 11.3 Å². The van der Waals surface area contributed by atoms with E-state index in [0.717, 1.165) is 24.8 Å². The first-order chi connectivity index (χ1) is 7.64. The second-order valence-electron chi connectivity index (χ2n) is 5.51. The zero-order chi connectivity index (χ0) is 11.6. The van der Waals surface area contributed by atoms with Crippen LogP contribution in [0.15, 0.2) is 18.5 Å². The summed E-state index contributed by atoms with van der Waals surface area (Å²) in [7, 11) is 0. The zero-order valence-corrected chi connectivity index (χ0v) is 10.3. The van der Waals surface area contributed by atoms with Crippen LogP contribution >= 0.6 is 0 Å². The van der Waals surface area contributed by atoms with E-state index >= 15 is 0 Å². The lowest BCUT2D eigenvalue weighted by Gasteiger charge is -2.28. The number of aromatic nitrogens is 1. The molecular formula is C14H21NO. The van der Waals surface area contributed by atoms with E-state index in [9.17, 15) is 4.79 Å². The number of carbonyl (C=O) groups excluding carboxylic acids is 1. The molecule has 1 heterocycles. The summed E-state index contributed by atoms with van der Waals surface area (Å²) in [5, 5.41) is 0. The van der Waals surface area contributed by atoms with E-state index in [2.05, 4.69) is 18.8 Å². The third kappa shape index (κ3) is 2.06. The summed E-state index contributed by atoms with van der Waals surface area (Å²) >= 11 is 0. The summed E-state index contributed by atoms with van der Waals surface area (Å²) < 4.78 is 0. The molecule has 1 fully saturated rings. The molecule has 1 N–H and O–H groups in total. The van der Waals surface area contributed by atoms with Gasteiger partial charge in [-0.15, -0.1) is 0 Å². The smallest absolute Gasteiger partial charge is 0.170 e. The molecule has 1 aliphatic rings.